The lowest BCUT2D eigenvalue weighted by molar-refractivity contribution is 0.141. The average molecular weight is 253 g/mol. The first-order chi connectivity index (χ1) is 8.83. The number of nitrogens with one attached hydrogen (secondary N) is 1. The highest BCUT2D eigenvalue weighted by Gasteiger charge is 2.33. The number of unbranched alkanes of at least 4 members (excludes halogenated alkanes) is 9. The maximum atomic E-state index is 3.44. The van der Waals surface area contributed by atoms with Gasteiger partial charge in [0.05, 0.1) is 0 Å². The van der Waals surface area contributed by atoms with Crippen LogP contribution >= 0.6 is 0 Å². The summed E-state index contributed by atoms with van der Waals surface area (Å²) >= 11 is 0. The van der Waals surface area contributed by atoms with Gasteiger partial charge in [0, 0.05) is 13.1 Å². The van der Waals surface area contributed by atoms with Gasteiger partial charge < -0.3 is 5.32 Å². The van der Waals surface area contributed by atoms with Gasteiger partial charge in [-0.15, -0.1) is 0 Å². The van der Waals surface area contributed by atoms with Gasteiger partial charge in [-0.25, -0.2) is 0 Å². The van der Waals surface area contributed by atoms with E-state index < -0.39 is 0 Å². The summed E-state index contributed by atoms with van der Waals surface area (Å²) < 4.78 is 0. The van der Waals surface area contributed by atoms with Crippen molar-refractivity contribution in [1.82, 2.24) is 5.32 Å². The Morgan fingerprint density at radius 3 is 1.61 bits per heavy atom. The Bertz CT molecular complexity index is 179. The molecule has 1 saturated heterocycles. The molecule has 0 amide bonds. The largest absolute Gasteiger partial charge is 0.316 e. The van der Waals surface area contributed by atoms with Crippen molar-refractivity contribution >= 4 is 0 Å². The smallest absolute Gasteiger partial charge is 0.00201 e. The van der Waals surface area contributed by atoms with Crippen LogP contribution in [0.25, 0.3) is 0 Å². The van der Waals surface area contributed by atoms with Gasteiger partial charge in [-0.05, 0) is 18.3 Å². The molecule has 108 valence electrons. The molecule has 0 aromatic heterocycles. The maximum Gasteiger partial charge on any atom is 0.00201 e. The summed E-state index contributed by atoms with van der Waals surface area (Å²) in [5, 5.41) is 3.44. The molecule has 1 N–H and O–H groups in total. The van der Waals surface area contributed by atoms with Gasteiger partial charge in [0.2, 0.25) is 0 Å². The van der Waals surface area contributed by atoms with Crippen LogP contribution in [0.3, 0.4) is 0 Å². The summed E-state index contributed by atoms with van der Waals surface area (Å²) in [7, 11) is 0. The first kappa shape index (κ1) is 16.0. The van der Waals surface area contributed by atoms with Crippen LogP contribution in [0.4, 0.5) is 0 Å². The molecule has 18 heavy (non-hydrogen) atoms. The third kappa shape index (κ3) is 6.22. The van der Waals surface area contributed by atoms with E-state index in [1.165, 1.54) is 90.1 Å². The average Bonchev–Trinajstić information content (AvgIpc) is 2.34. The molecule has 0 aromatic carbocycles. The quantitative estimate of drug-likeness (QED) is 0.466. The summed E-state index contributed by atoms with van der Waals surface area (Å²) in [6, 6.07) is 0. The topological polar surface area (TPSA) is 12.0 Å². The Morgan fingerprint density at radius 1 is 0.722 bits per heavy atom. The fourth-order valence-electron chi connectivity index (χ4n) is 3.07. The Balaban J connectivity index is 1.78. The minimum absolute atomic E-state index is 0.695. The first-order valence-electron chi connectivity index (χ1n) is 8.54. The van der Waals surface area contributed by atoms with Gasteiger partial charge in [-0.3, -0.25) is 0 Å². The maximum absolute atomic E-state index is 3.44. The zero-order valence-electron chi connectivity index (χ0n) is 12.9. The minimum Gasteiger partial charge on any atom is -0.316 e. The van der Waals surface area contributed by atoms with E-state index in [0.717, 1.165) is 0 Å². The molecule has 1 nitrogen and oxygen atoms in total. The molecule has 1 aliphatic heterocycles. The summed E-state index contributed by atoms with van der Waals surface area (Å²) in [6.07, 6.45) is 17.4. The predicted octanol–water partition coefficient (Wildman–Crippen LogP) is 5.30. The molecular formula is C17H35N. The van der Waals surface area contributed by atoms with Crippen LogP contribution in [0.2, 0.25) is 0 Å². The second kappa shape index (κ2) is 9.83. The van der Waals surface area contributed by atoms with Crippen molar-refractivity contribution in [2.24, 2.45) is 5.41 Å². The zero-order chi connectivity index (χ0) is 13.1. The van der Waals surface area contributed by atoms with Crippen molar-refractivity contribution < 1.29 is 0 Å². The van der Waals surface area contributed by atoms with Gasteiger partial charge in [-0.1, -0.05) is 78.1 Å². The molecule has 0 atom stereocenters. The van der Waals surface area contributed by atoms with Crippen LogP contribution < -0.4 is 5.32 Å². The van der Waals surface area contributed by atoms with Crippen LogP contribution in [0.1, 0.15) is 90.9 Å². The molecule has 0 unspecified atom stereocenters. The van der Waals surface area contributed by atoms with E-state index in [1.807, 2.05) is 0 Å². The van der Waals surface area contributed by atoms with Crippen LogP contribution in [0, 0.1) is 5.41 Å². The second-order valence-electron chi connectivity index (χ2n) is 6.39. The molecule has 1 heteroatoms. The highest BCUT2D eigenvalue weighted by atomic mass is 15.0. The minimum atomic E-state index is 0.695. The van der Waals surface area contributed by atoms with Gasteiger partial charge in [0.25, 0.3) is 0 Å². The van der Waals surface area contributed by atoms with Crippen LogP contribution in [0.15, 0.2) is 0 Å². The van der Waals surface area contributed by atoms with Crippen LogP contribution in [0.5, 0.6) is 0 Å². The Kier molecular flexibility index (Phi) is 8.75. The number of hydrogen-bond donors (Lipinski definition) is 1. The zero-order valence-corrected chi connectivity index (χ0v) is 12.9. The number of rotatable bonds is 12. The normalized spacial score (nSPS) is 17.7. The Labute approximate surface area is 115 Å². The van der Waals surface area contributed by atoms with Crippen molar-refractivity contribution in [2.45, 2.75) is 90.9 Å². The van der Waals surface area contributed by atoms with Crippen molar-refractivity contribution in [2.75, 3.05) is 13.1 Å². The molecular weight excluding hydrogens is 218 g/mol. The van der Waals surface area contributed by atoms with E-state index in [4.69, 9.17) is 0 Å². The summed E-state index contributed by atoms with van der Waals surface area (Å²) in [4.78, 5) is 0. The van der Waals surface area contributed by atoms with E-state index >= 15 is 0 Å². The molecule has 0 aliphatic carbocycles. The molecule has 0 spiro atoms. The molecule has 0 bridgehead atoms. The first-order valence-corrected chi connectivity index (χ1v) is 8.54. The fourth-order valence-corrected chi connectivity index (χ4v) is 3.07. The van der Waals surface area contributed by atoms with Crippen molar-refractivity contribution in [3.63, 3.8) is 0 Å². The van der Waals surface area contributed by atoms with Gasteiger partial charge in [0.15, 0.2) is 0 Å². The van der Waals surface area contributed by atoms with Crippen molar-refractivity contribution in [1.29, 1.82) is 0 Å². The lowest BCUT2D eigenvalue weighted by Gasteiger charge is -2.42. The van der Waals surface area contributed by atoms with Gasteiger partial charge in [0.1, 0.15) is 0 Å². The van der Waals surface area contributed by atoms with E-state index in [9.17, 15) is 0 Å². The van der Waals surface area contributed by atoms with E-state index in [-0.39, 0.29) is 0 Å². The van der Waals surface area contributed by atoms with Crippen LogP contribution in [-0.4, -0.2) is 13.1 Å². The van der Waals surface area contributed by atoms with E-state index in [1.54, 1.807) is 0 Å². The highest BCUT2D eigenvalue weighted by molar-refractivity contribution is 4.90. The van der Waals surface area contributed by atoms with Crippen molar-refractivity contribution in [3.05, 3.63) is 0 Å². The molecule has 1 aliphatic rings. The second-order valence-corrected chi connectivity index (χ2v) is 6.39. The molecule has 0 saturated carbocycles. The van der Waals surface area contributed by atoms with Crippen LogP contribution in [-0.2, 0) is 0 Å². The summed E-state index contributed by atoms with van der Waals surface area (Å²) in [5.74, 6) is 0. The lowest BCUT2D eigenvalue weighted by Crippen LogP contribution is -2.52. The number of hydrogen-bond acceptors (Lipinski definition) is 1. The predicted molar refractivity (Wildman–Crippen MR) is 82.1 cm³/mol. The summed E-state index contributed by atoms with van der Waals surface area (Å²) in [6.45, 7) is 7.21. The molecule has 1 heterocycles. The fraction of sp³-hybridized carbons (Fsp3) is 1.00. The van der Waals surface area contributed by atoms with Gasteiger partial charge >= 0.3 is 0 Å². The summed E-state index contributed by atoms with van der Waals surface area (Å²) in [5.41, 5.74) is 0.695. The SMILES string of the molecule is CCCCCCCCCCCCC1(CC)CNC1. The highest BCUT2D eigenvalue weighted by Crippen LogP contribution is 2.32. The monoisotopic (exact) mass is 253 g/mol. The Hall–Kier alpha value is -0.0400. The molecule has 0 radical (unpaired) electrons. The van der Waals surface area contributed by atoms with Crippen molar-refractivity contribution in [3.8, 4) is 0 Å². The molecule has 0 aromatic rings. The Morgan fingerprint density at radius 2 is 1.22 bits per heavy atom. The molecule has 1 fully saturated rings. The standard InChI is InChI=1S/C17H35N/c1-3-5-6-7-8-9-10-11-12-13-14-17(4-2)15-18-16-17/h18H,3-16H2,1-2H3. The molecule has 1 rings (SSSR count). The van der Waals surface area contributed by atoms with E-state index in [0.29, 0.717) is 5.41 Å². The third-order valence-corrected chi connectivity index (χ3v) is 4.81. The third-order valence-electron chi connectivity index (χ3n) is 4.81. The lowest BCUT2D eigenvalue weighted by atomic mass is 9.75. The van der Waals surface area contributed by atoms with E-state index in [2.05, 4.69) is 19.2 Å². The van der Waals surface area contributed by atoms with Gasteiger partial charge in [-0.2, -0.15) is 0 Å².